The molecule has 0 fully saturated rings. The minimum absolute atomic E-state index is 0.286. The van der Waals surface area contributed by atoms with Crippen LogP contribution in [0.2, 0.25) is 0 Å². The fraction of sp³-hybridized carbons (Fsp3) is 0.0500. The molecule has 2 aromatic heterocycles. The van der Waals surface area contributed by atoms with Crippen LogP contribution >= 0.6 is 0 Å². The van der Waals surface area contributed by atoms with Crippen LogP contribution in [0.15, 0.2) is 73.2 Å². The Morgan fingerprint density at radius 2 is 1.69 bits per heavy atom. The first-order valence-corrected chi connectivity index (χ1v) is 8.20. The molecule has 0 saturated carbocycles. The van der Waals surface area contributed by atoms with Crippen molar-refractivity contribution in [2.75, 3.05) is 10.6 Å². The van der Waals surface area contributed by atoms with Crippen molar-refractivity contribution in [3.8, 4) is 11.1 Å². The normalized spacial score (nSPS) is 10.7. The second kappa shape index (κ2) is 6.68. The lowest BCUT2D eigenvalue weighted by Crippen LogP contribution is -2.19. The first-order chi connectivity index (χ1) is 12.7. The molecule has 4 rings (SSSR count). The predicted octanol–water partition coefficient (Wildman–Crippen LogP) is 4.28. The highest BCUT2D eigenvalue weighted by Gasteiger charge is 2.09. The van der Waals surface area contributed by atoms with E-state index >= 15 is 0 Å². The number of rotatable bonds is 3. The van der Waals surface area contributed by atoms with Crippen LogP contribution in [0, 0.1) is 0 Å². The number of benzene rings is 2. The number of pyridine rings is 1. The van der Waals surface area contributed by atoms with Crippen molar-refractivity contribution in [2.24, 2.45) is 7.05 Å². The van der Waals surface area contributed by atoms with Gasteiger partial charge in [0.2, 0.25) is 0 Å². The van der Waals surface area contributed by atoms with Gasteiger partial charge in [0.25, 0.3) is 0 Å². The quantitative estimate of drug-likeness (QED) is 0.583. The number of nitrogens with zero attached hydrogens (tertiary/aromatic N) is 3. The number of aryl methyl sites for hydroxylation is 1. The van der Waals surface area contributed by atoms with Crippen LogP contribution in [0.4, 0.5) is 16.2 Å². The summed E-state index contributed by atoms with van der Waals surface area (Å²) < 4.78 is 1.79. The molecule has 2 N–H and O–H groups in total. The number of hydrogen-bond donors (Lipinski definition) is 2. The summed E-state index contributed by atoms with van der Waals surface area (Å²) in [6.07, 6.45) is 5.43. The van der Waals surface area contributed by atoms with Gasteiger partial charge in [-0.3, -0.25) is 9.67 Å². The molecular weight excluding hydrogens is 326 g/mol. The van der Waals surface area contributed by atoms with Crippen LogP contribution in [0.1, 0.15) is 0 Å². The van der Waals surface area contributed by atoms with E-state index in [0.717, 1.165) is 27.7 Å². The van der Waals surface area contributed by atoms with Crippen LogP contribution in [0.25, 0.3) is 22.0 Å². The van der Waals surface area contributed by atoms with Crippen LogP contribution in [0.3, 0.4) is 0 Å². The first kappa shape index (κ1) is 15.8. The SMILES string of the molecule is Cn1ncc2c(-c3cccc(NC(=O)Nc4ccccc4)c3)cncc21. The van der Waals surface area contributed by atoms with Crippen molar-refractivity contribution in [1.82, 2.24) is 14.8 Å². The standard InChI is InChI=1S/C20H17N5O/c1-25-19-13-21-11-17(18(19)12-22-25)14-6-5-9-16(10-14)24-20(26)23-15-7-3-2-4-8-15/h2-13H,1H3,(H2,23,24,26). The van der Waals surface area contributed by atoms with Gasteiger partial charge in [-0.1, -0.05) is 30.3 Å². The Hall–Kier alpha value is -3.67. The van der Waals surface area contributed by atoms with E-state index in [-0.39, 0.29) is 6.03 Å². The summed E-state index contributed by atoms with van der Waals surface area (Å²) >= 11 is 0. The van der Waals surface area contributed by atoms with Crippen molar-refractivity contribution >= 4 is 28.3 Å². The Bertz CT molecular complexity index is 1070. The summed E-state index contributed by atoms with van der Waals surface area (Å²) in [6.45, 7) is 0. The zero-order chi connectivity index (χ0) is 17.9. The van der Waals surface area contributed by atoms with Crippen LogP contribution < -0.4 is 10.6 Å². The number of aromatic nitrogens is 3. The topological polar surface area (TPSA) is 71.8 Å². The molecule has 0 spiro atoms. The van der Waals surface area contributed by atoms with Gasteiger partial charge in [0.1, 0.15) is 0 Å². The number of nitrogens with one attached hydrogen (secondary N) is 2. The van der Waals surface area contributed by atoms with Gasteiger partial charge in [0.15, 0.2) is 0 Å². The molecular formula is C20H17N5O. The molecule has 0 radical (unpaired) electrons. The van der Waals surface area contributed by atoms with Crippen LogP contribution in [0.5, 0.6) is 0 Å². The summed E-state index contributed by atoms with van der Waals surface area (Å²) in [7, 11) is 1.89. The highest BCUT2D eigenvalue weighted by Crippen LogP contribution is 2.29. The summed E-state index contributed by atoms with van der Waals surface area (Å²) in [5, 5.41) is 11.0. The Morgan fingerprint density at radius 3 is 2.54 bits per heavy atom. The Morgan fingerprint density at radius 1 is 0.923 bits per heavy atom. The smallest absolute Gasteiger partial charge is 0.308 e. The number of amides is 2. The number of urea groups is 1. The minimum atomic E-state index is -0.286. The van der Waals surface area contributed by atoms with E-state index in [0.29, 0.717) is 5.69 Å². The second-order valence-electron chi connectivity index (χ2n) is 5.91. The summed E-state index contributed by atoms with van der Waals surface area (Å²) in [4.78, 5) is 16.5. The largest absolute Gasteiger partial charge is 0.323 e. The van der Waals surface area contributed by atoms with Crippen LogP contribution in [-0.2, 0) is 7.05 Å². The van der Waals surface area contributed by atoms with Gasteiger partial charge in [-0.25, -0.2) is 4.79 Å². The van der Waals surface area contributed by atoms with E-state index in [4.69, 9.17) is 0 Å². The maximum Gasteiger partial charge on any atom is 0.323 e. The van der Waals surface area contributed by atoms with E-state index in [9.17, 15) is 4.79 Å². The zero-order valence-corrected chi connectivity index (χ0v) is 14.2. The van der Waals surface area contributed by atoms with Gasteiger partial charge in [-0.15, -0.1) is 0 Å². The molecule has 2 amide bonds. The molecule has 128 valence electrons. The van der Waals surface area contributed by atoms with Crippen molar-refractivity contribution in [2.45, 2.75) is 0 Å². The lowest BCUT2D eigenvalue weighted by atomic mass is 10.0. The Kier molecular flexibility index (Phi) is 4.07. The van der Waals surface area contributed by atoms with E-state index < -0.39 is 0 Å². The predicted molar refractivity (Wildman–Crippen MR) is 103 cm³/mol. The molecule has 0 unspecified atom stereocenters. The summed E-state index contributed by atoms with van der Waals surface area (Å²) in [5.41, 5.74) is 4.35. The van der Waals surface area contributed by atoms with Gasteiger partial charge in [0.05, 0.1) is 17.9 Å². The fourth-order valence-corrected chi connectivity index (χ4v) is 2.87. The molecule has 0 bridgehead atoms. The first-order valence-electron chi connectivity index (χ1n) is 8.20. The molecule has 4 aromatic rings. The average Bonchev–Trinajstić information content (AvgIpc) is 3.04. The second-order valence-corrected chi connectivity index (χ2v) is 5.91. The third kappa shape index (κ3) is 3.12. The van der Waals surface area contributed by atoms with Gasteiger partial charge in [-0.05, 0) is 29.8 Å². The molecule has 26 heavy (non-hydrogen) atoms. The molecule has 0 saturated heterocycles. The summed E-state index contributed by atoms with van der Waals surface area (Å²) in [5.74, 6) is 0. The Labute approximate surface area is 150 Å². The molecule has 0 aliphatic rings. The van der Waals surface area contributed by atoms with Gasteiger partial charge < -0.3 is 10.6 Å². The van der Waals surface area contributed by atoms with E-state index in [2.05, 4.69) is 20.7 Å². The Balaban J connectivity index is 1.59. The lowest BCUT2D eigenvalue weighted by Gasteiger charge is -2.09. The number of hydrogen-bond acceptors (Lipinski definition) is 3. The third-order valence-electron chi connectivity index (χ3n) is 4.14. The average molecular weight is 343 g/mol. The molecule has 6 nitrogen and oxygen atoms in total. The molecule has 6 heteroatoms. The van der Waals surface area contributed by atoms with E-state index in [1.54, 1.807) is 10.9 Å². The van der Waals surface area contributed by atoms with E-state index in [1.807, 2.05) is 74.0 Å². The van der Waals surface area contributed by atoms with Gasteiger partial charge in [-0.2, -0.15) is 5.10 Å². The molecule has 2 aromatic carbocycles. The molecule has 0 aliphatic carbocycles. The number of anilines is 2. The molecule has 2 heterocycles. The van der Waals surface area contributed by atoms with Crippen molar-refractivity contribution in [1.29, 1.82) is 0 Å². The highest BCUT2D eigenvalue weighted by atomic mass is 16.2. The molecule has 0 atom stereocenters. The van der Waals surface area contributed by atoms with Crippen molar-refractivity contribution in [3.63, 3.8) is 0 Å². The number of para-hydroxylation sites is 1. The maximum absolute atomic E-state index is 12.2. The third-order valence-corrected chi connectivity index (χ3v) is 4.14. The molecule has 0 aliphatic heterocycles. The number of carbonyl (C=O) groups excluding carboxylic acids is 1. The fourth-order valence-electron chi connectivity index (χ4n) is 2.87. The minimum Gasteiger partial charge on any atom is -0.308 e. The maximum atomic E-state index is 12.2. The highest BCUT2D eigenvalue weighted by molar-refractivity contribution is 6.00. The van der Waals surface area contributed by atoms with Crippen molar-refractivity contribution < 1.29 is 4.79 Å². The van der Waals surface area contributed by atoms with Gasteiger partial charge in [0, 0.05) is 35.6 Å². The van der Waals surface area contributed by atoms with Crippen LogP contribution in [-0.4, -0.2) is 20.8 Å². The number of carbonyl (C=O) groups is 1. The number of fused-ring (bicyclic) bond motifs is 1. The lowest BCUT2D eigenvalue weighted by molar-refractivity contribution is 0.262. The monoisotopic (exact) mass is 343 g/mol. The zero-order valence-electron chi connectivity index (χ0n) is 14.2. The van der Waals surface area contributed by atoms with E-state index in [1.165, 1.54) is 0 Å². The van der Waals surface area contributed by atoms with Crippen molar-refractivity contribution in [3.05, 3.63) is 73.2 Å². The van der Waals surface area contributed by atoms with Gasteiger partial charge >= 0.3 is 6.03 Å². The summed E-state index contributed by atoms with van der Waals surface area (Å²) in [6, 6.07) is 16.7.